The number of hydrogen-bond donors (Lipinski definition) is 1. The van der Waals surface area contributed by atoms with Crippen LogP contribution in [-0.4, -0.2) is 63.5 Å². The highest BCUT2D eigenvalue weighted by molar-refractivity contribution is 7.92. The highest BCUT2D eigenvalue weighted by Crippen LogP contribution is 2.24. The molecule has 2 aromatic carbocycles. The van der Waals surface area contributed by atoms with Gasteiger partial charge >= 0.3 is 0 Å². The van der Waals surface area contributed by atoms with Crippen LogP contribution in [0.25, 0.3) is 0 Å². The summed E-state index contributed by atoms with van der Waals surface area (Å²) in [7, 11) is -3.71. The highest BCUT2D eigenvalue weighted by atomic mass is 32.2. The second-order valence-electron chi connectivity index (χ2n) is 7.50. The van der Waals surface area contributed by atoms with Gasteiger partial charge in [-0.05, 0) is 56.3 Å². The van der Waals surface area contributed by atoms with Crippen molar-refractivity contribution in [3.05, 3.63) is 53.6 Å². The van der Waals surface area contributed by atoms with Crippen LogP contribution >= 0.6 is 0 Å². The van der Waals surface area contributed by atoms with Crippen LogP contribution in [0.3, 0.4) is 0 Å². The van der Waals surface area contributed by atoms with Gasteiger partial charge in [-0.1, -0.05) is 24.6 Å². The lowest BCUT2D eigenvalue weighted by molar-refractivity contribution is -0.135. The van der Waals surface area contributed by atoms with E-state index >= 15 is 0 Å². The van der Waals surface area contributed by atoms with Gasteiger partial charge in [0.25, 0.3) is 15.9 Å². The van der Waals surface area contributed by atoms with E-state index in [1.165, 1.54) is 6.07 Å². The number of piperazine rings is 1. The van der Waals surface area contributed by atoms with Gasteiger partial charge in [-0.15, -0.1) is 0 Å². The Bertz CT molecular complexity index is 982. The van der Waals surface area contributed by atoms with Gasteiger partial charge in [-0.2, -0.15) is 0 Å². The normalized spacial score (nSPS) is 15.1. The number of hydrogen-bond acceptors (Lipinski definition) is 5. The molecule has 1 aliphatic heterocycles. The molecule has 1 aliphatic rings. The Morgan fingerprint density at radius 2 is 1.70 bits per heavy atom. The molecule has 0 radical (unpaired) electrons. The largest absolute Gasteiger partial charge is 0.483 e. The molecule has 30 heavy (non-hydrogen) atoms. The zero-order valence-corrected chi connectivity index (χ0v) is 18.5. The summed E-state index contributed by atoms with van der Waals surface area (Å²) >= 11 is 0. The van der Waals surface area contributed by atoms with Gasteiger partial charge in [-0.3, -0.25) is 9.52 Å². The summed E-state index contributed by atoms with van der Waals surface area (Å²) in [6.45, 7) is 9.92. The van der Waals surface area contributed by atoms with Crippen molar-refractivity contribution in [2.75, 3.05) is 44.1 Å². The fourth-order valence-corrected chi connectivity index (χ4v) is 4.47. The van der Waals surface area contributed by atoms with Gasteiger partial charge in [0, 0.05) is 31.9 Å². The molecule has 0 saturated carbocycles. The molecule has 1 saturated heterocycles. The first-order valence-corrected chi connectivity index (χ1v) is 11.6. The monoisotopic (exact) mass is 431 g/mol. The van der Waals surface area contributed by atoms with Crippen LogP contribution in [0.1, 0.15) is 18.1 Å². The predicted molar refractivity (Wildman–Crippen MR) is 117 cm³/mol. The van der Waals surface area contributed by atoms with E-state index in [0.29, 0.717) is 30.1 Å². The zero-order valence-electron chi connectivity index (χ0n) is 17.7. The van der Waals surface area contributed by atoms with Crippen molar-refractivity contribution >= 4 is 21.6 Å². The van der Waals surface area contributed by atoms with Gasteiger partial charge in [0.15, 0.2) is 6.61 Å². The van der Waals surface area contributed by atoms with E-state index < -0.39 is 10.0 Å². The van der Waals surface area contributed by atoms with Gasteiger partial charge < -0.3 is 14.5 Å². The maximum atomic E-state index is 12.7. The van der Waals surface area contributed by atoms with Crippen molar-refractivity contribution in [1.29, 1.82) is 0 Å². The van der Waals surface area contributed by atoms with Gasteiger partial charge in [0.2, 0.25) is 0 Å². The lowest BCUT2D eigenvalue weighted by Gasteiger charge is -2.34. The van der Waals surface area contributed by atoms with Crippen molar-refractivity contribution in [3.63, 3.8) is 0 Å². The molecule has 1 N–H and O–H groups in total. The number of nitrogens with zero attached hydrogens (tertiary/aromatic N) is 2. The minimum atomic E-state index is -3.71. The smallest absolute Gasteiger partial charge is 0.261 e. The number of carbonyl (C=O) groups excluding carboxylic acids is 1. The molecule has 0 unspecified atom stereocenters. The Labute approximate surface area is 178 Å². The molecule has 0 aromatic heterocycles. The van der Waals surface area contributed by atoms with Crippen molar-refractivity contribution in [3.8, 4) is 5.75 Å². The van der Waals surface area contributed by atoms with Gasteiger partial charge in [0.05, 0.1) is 4.90 Å². The summed E-state index contributed by atoms with van der Waals surface area (Å²) in [6, 6.07) is 11.8. The number of benzene rings is 2. The maximum absolute atomic E-state index is 12.7. The van der Waals surface area contributed by atoms with Crippen LogP contribution < -0.4 is 9.46 Å². The molecule has 1 amide bonds. The number of amides is 1. The average Bonchev–Trinajstić information content (AvgIpc) is 2.74. The van der Waals surface area contributed by atoms with Crippen molar-refractivity contribution in [2.45, 2.75) is 25.7 Å². The topological polar surface area (TPSA) is 79.0 Å². The van der Waals surface area contributed by atoms with Crippen molar-refractivity contribution < 1.29 is 17.9 Å². The first-order valence-electron chi connectivity index (χ1n) is 10.1. The first-order chi connectivity index (χ1) is 14.3. The fraction of sp³-hybridized carbons (Fsp3) is 0.409. The number of ether oxygens (including phenoxy) is 1. The van der Waals surface area contributed by atoms with Crippen molar-refractivity contribution in [1.82, 2.24) is 9.80 Å². The number of rotatable bonds is 7. The summed E-state index contributed by atoms with van der Waals surface area (Å²) in [4.78, 5) is 16.7. The molecule has 162 valence electrons. The third-order valence-electron chi connectivity index (χ3n) is 5.28. The number of sulfonamides is 1. The molecule has 8 heteroatoms. The molecular formula is C22H29N3O4S. The Hall–Kier alpha value is -2.58. The SMILES string of the molecule is CCN1CCN(C(=O)COc2ccc(S(=O)(=O)Nc3ccc(C)cc3)cc2C)CC1. The van der Waals surface area contributed by atoms with E-state index in [-0.39, 0.29) is 17.4 Å². The molecule has 0 atom stereocenters. The lowest BCUT2D eigenvalue weighted by atomic mass is 10.2. The Balaban J connectivity index is 1.60. The van der Waals surface area contributed by atoms with E-state index in [1.807, 2.05) is 24.0 Å². The van der Waals surface area contributed by atoms with Gasteiger partial charge in [-0.25, -0.2) is 8.42 Å². The third kappa shape index (κ3) is 5.52. The van der Waals surface area contributed by atoms with Crippen LogP contribution in [0.4, 0.5) is 5.69 Å². The van der Waals surface area contributed by atoms with Crippen molar-refractivity contribution in [2.24, 2.45) is 0 Å². The van der Waals surface area contributed by atoms with Crippen LogP contribution in [0.15, 0.2) is 47.4 Å². The molecule has 0 aliphatic carbocycles. The number of aryl methyl sites for hydroxylation is 2. The Morgan fingerprint density at radius 3 is 2.30 bits per heavy atom. The number of likely N-dealkylation sites (N-methyl/N-ethyl adjacent to an activating group) is 1. The second kappa shape index (κ2) is 9.49. The molecular weight excluding hydrogens is 402 g/mol. The average molecular weight is 432 g/mol. The standard InChI is InChI=1S/C22H29N3O4S/c1-4-24-11-13-25(14-12-24)22(26)16-29-21-10-9-20(15-18(21)3)30(27,28)23-19-7-5-17(2)6-8-19/h5-10,15,23H,4,11-14,16H2,1-3H3. The second-order valence-corrected chi connectivity index (χ2v) is 9.18. The van der Waals surface area contributed by atoms with Gasteiger partial charge in [0.1, 0.15) is 5.75 Å². The highest BCUT2D eigenvalue weighted by Gasteiger charge is 2.21. The summed E-state index contributed by atoms with van der Waals surface area (Å²) in [5.74, 6) is 0.452. The minimum Gasteiger partial charge on any atom is -0.483 e. The van der Waals surface area contributed by atoms with E-state index in [4.69, 9.17) is 4.74 Å². The predicted octanol–water partition coefficient (Wildman–Crippen LogP) is 2.65. The summed E-state index contributed by atoms with van der Waals surface area (Å²) in [5.41, 5.74) is 2.22. The summed E-state index contributed by atoms with van der Waals surface area (Å²) < 4.78 is 33.6. The molecule has 3 rings (SSSR count). The third-order valence-corrected chi connectivity index (χ3v) is 6.66. The summed E-state index contributed by atoms with van der Waals surface area (Å²) in [6.07, 6.45) is 0. The van der Waals surface area contributed by atoms with E-state index in [9.17, 15) is 13.2 Å². The number of carbonyl (C=O) groups is 1. The minimum absolute atomic E-state index is 0.0529. The molecule has 0 bridgehead atoms. The quantitative estimate of drug-likeness (QED) is 0.729. The van der Waals surface area contributed by atoms with Crippen LogP contribution in [0, 0.1) is 13.8 Å². The molecule has 2 aromatic rings. The van der Waals surface area contributed by atoms with E-state index in [2.05, 4.69) is 16.5 Å². The van der Waals surface area contributed by atoms with Crippen LogP contribution in [0.5, 0.6) is 5.75 Å². The van der Waals surface area contributed by atoms with E-state index in [1.54, 1.807) is 31.2 Å². The maximum Gasteiger partial charge on any atom is 0.261 e. The Kier molecular flexibility index (Phi) is 6.99. The molecule has 7 nitrogen and oxygen atoms in total. The fourth-order valence-electron chi connectivity index (χ4n) is 3.33. The lowest BCUT2D eigenvalue weighted by Crippen LogP contribution is -2.49. The number of anilines is 1. The first kappa shape index (κ1) is 22.1. The van der Waals surface area contributed by atoms with E-state index in [0.717, 1.165) is 25.2 Å². The van der Waals surface area contributed by atoms with Crippen LogP contribution in [0.2, 0.25) is 0 Å². The number of nitrogens with one attached hydrogen (secondary N) is 1. The Morgan fingerprint density at radius 1 is 1.03 bits per heavy atom. The molecule has 1 heterocycles. The zero-order chi connectivity index (χ0) is 21.7. The molecule has 0 spiro atoms. The summed E-state index contributed by atoms with van der Waals surface area (Å²) in [5, 5.41) is 0. The molecule has 1 fully saturated rings. The van der Waals surface area contributed by atoms with Crippen LogP contribution in [-0.2, 0) is 14.8 Å².